The molecule has 1 aliphatic heterocycles. The first-order chi connectivity index (χ1) is 7.08. The minimum atomic E-state index is -0.805. The van der Waals surface area contributed by atoms with Crippen molar-refractivity contribution in [2.75, 3.05) is 7.11 Å². The summed E-state index contributed by atoms with van der Waals surface area (Å²) in [7, 11) is 1.42. The number of rotatable bonds is 1. The molecule has 4 heteroatoms. The molecule has 1 atom stereocenters. The topological polar surface area (TPSA) is 38.3 Å². The molecule has 1 N–H and O–H groups in total. The first-order valence-corrected chi connectivity index (χ1v) is 4.70. The fraction of sp³-hybridized carbons (Fsp3) is 0.364. The van der Waals surface area contributed by atoms with Gasteiger partial charge in [-0.3, -0.25) is 4.79 Å². The molecule has 15 heavy (non-hydrogen) atoms. The van der Waals surface area contributed by atoms with E-state index in [9.17, 15) is 9.18 Å². The smallest absolute Gasteiger partial charge is 0.234 e. The monoisotopic (exact) mass is 209 g/mol. The Morgan fingerprint density at radius 2 is 2.33 bits per heavy atom. The average Bonchev–Trinajstić information content (AvgIpc) is 2.19. The van der Waals surface area contributed by atoms with E-state index in [4.69, 9.17) is 4.74 Å². The molecule has 0 fully saturated rings. The number of fused-ring (bicyclic) bond motifs is 1. The van der Waals surface area contributed by atoms with E-state index < -0.39 is 5.41 Å². The molecule has 1 aliphatic carbocycles. The molecule has 1 amide bonds. The molecule has 0 spiro atoms. The predicted molar refractivity (Wildman–Crippen MR) is 53.2 cm³/mol. The summed E-state index contributed by atoms with van der Waals surface area (Å²) in [5.41, 5.74) is -0.0228. The lowest BCUT2D eigenvalue weighted by Gasteiger charge is -2.34. The number of amides is 1. The third-order valence-electron chi connectivity index (χ3n) is 2.90. The number of carbonyl (C=O) groups is 1. The van der Waals surface area contributed by atoms with Crippen LogP contribution in [-0.2, 0) is 9.53 Å². The molecule has 1 heterocycles. The van der Waals surface area contributed by atoms with Gasteiger partial charge in [0, 0.05) is 12.6 Å². The SMILES string of the molecule is COC1=C(F)CC2(C)C(=O)NC=CC2=C1. The first kappa shape index (κ1) is 9.96. The summed E-state index contributed by atoms with van der Waals surface area (Å²) in [6.07, 6.45) is 4.96. The number of carbonyl (C=O) groups excluding carboxylic acids is 1. The Bertz CT molecular complexity index is 409. The predicted octanol–water partition coefficient (Wildman–Crippen LogP) is 1.79. The summed E-state index contributed by atoms with van der Waals surface area (Å²) >= 11 is 0. The van der Waals surface area contributed by atoms with Crippen LogP contribution in [0.25, 0.3) is 0 Å². The Balaban J connectivity index is 2.49. The molecule has 0 radical (unpaired) electrons. The van der Waals surface area contributed by atoms with Crippen molar-refractivity contribution in [1.82, 2.24) is 5.32 Å². The third-order valence-corrected chi connectivity index (χ3v) is 2.90. The number of nitrogens with one attached hydrogen (secondary N) is 1. The van der Waals surface area contributed by atoms with Crippen molar-refractivity contribution in [2.45, 2.75) is 13.3 Å². The van der Waals surface area contributed by atoms with Gasteiger partial charge in [-0.15, -0.1) is 0 Å². The minimum absolute atomic E-state index is 0.0537. The van der Waals surface area contributed by atoms with Gasteiger partial charge in [-0.05, 0) is 24.6 Å². The molecule has 0 aromatic carbocycles. The largest absolute Gasteiger partial charge is 0.494 e. The number of allylic oxidation sites excluding steroid dienone is 3. The third kappa shape index (κ3) is 1.37. The average molecular weight is 209 g/mol. The number of methoxy groups -OCH3 is 1. The van der Waals surface area contributed by atoms with Crippen LogP contribution in [0.3, 0.4) is 0 Å². The van der Waals surface area contributed by atoms with Gasteiger partial charge >= 0.3 is 0 Å². The normalized spacial score (nSPS) is 29.5. The number of hydrogen-bond donors (Lipinski definition) is 1. The van der Waals surface area contributed by atoms with Crippen LogP contribution in [-0.4, -0.2) is 13.0 Å². The maximum absolute atomic E-state index is 13.5. The lowest BCUT2D eigenvalue weighted by molar-refractivity contribution is -0.127. The second-order valence-electron chi connectivity index (χ2n) is 3.89. The molecule has 0 saturated heterocycles. The Labute approximate surface area is 87.3 Å². The van der Waals surface area contributed by atoms with Crippen LogP contribution in [0.4, 0.5) is 4.39 Å². The highest BCUT2D eigenvalue weighted by Gasteiger charge is 2.42. The van der Waals surface area contributed by atoms with Crippen LogP contribution >= 0.6 is 0 Å². The molecule has 0 aromatic rings. The van der Waals surface area contributed by atoms with Gasteiger partial charge in [0.2, 0.25) is 5.91 Å². The molecule has 3 nitrogen and oxygen atoms in total. The van der Waals surface area contributed by atoms with E-state index in [1.165, 1.54) is 7.11 Å². The summed E-state index contributed by atoms with van der Waals surface area (Å²) in [4.78, 5) is 11.7. The zero-order valence-electron chi connectivity index (χ0n) is 8.63. The molecule has 1 unspecified atom stereocenters. The fourth-order valence-corrected chi connectivity index (χ4v) is 1.86. The van der Waals surface area contributed by atoms with E-state index in [1.54, 1.807) is 25.3 Å². The van der Waals surface area contributed by atoms with E-state index in [0.717, 1.165) is 5.57 Å². The fourth-order valence-electron chi connectivity index (χ4n) is 1.86. The maximum atomic E-state index is 13.5. The molecule has 2 aliphatic rings. The summed E-state index contributed by atoms with van der Waals surface area (Å²) < 4.78 is 18.4. The Morgan fingerprint density at radius 1 is 1.60 bits per heavy atom. The van der Waals surface area contributed by atoms with Gasteiger partial charge in [-0.25, -0.2) is 4.39 Å². The van der Waals surface area contributed by atoms with E-state index in [2.05, 4.69) is 5.32 Å². The van der Waals surface area contributed by atoms with Crippen LogP contribution in [0, 0.1) is 5.41 Å². The van der Waals surface area contributed by atoms with E-state index in [-0.39, 0.29) is 23.9 Å². The number of ether oxygens (including phenoxy) is 1. The van der Waals surface area contributed by atoms with Gasteiger partial charge in [0.25, 0.3) is 0 Å². The van der Waals surface area contributed by atoms with Crippen LogP contribution in [0.2, 0.25) is 0 Å². The lowest BCUT2D eigenvalue weighted by Crippen LogP contribution is -2.41. The number of hydrogen-bond acceptors (Lipinski definition) is 2. The maximum Gasteiger partial charge on any atom is 0.234 e. The van der Waals surface area contributed by atoms with Gasteiger partial charge < -0.3 is 10.1 Å². The quantitative estimate of drug-likeness (QED) is 0.715. The summed E-state index contributed by atoms with van der Waals surface area (Å²) in [5.74, 6) is -0.349. The molecule has 0 aromatic heterocycles. The Morgan fingerprint density at radius 3 is 3.00 bits per heavy atom. The summed E-state index contributed by atoms with van der Waals surface area (Å²) in [5, 5.41) is 2.58. The minimum Gasteiger partial charge on any atom is -0.494 e. The number of halogens is 1. The standard InChI is InChI=1S/C11H12FNO2/c1-11-6-8(12)9(15-2)5-7(11)3-4-13-10(11)14/h3-5H,6H2,1-2H3,(H,13,14). The molecular formula is C11H12FNO2. The van der Waals surface area contributed by atoms with Crippen molar-refractivity contribution >= 4 is 5.91 Å². The van der Waals surface area contributed by atoms with Gasteiger partial charge in [-0.2, -0.15) is 0 Å². The second-order valence-corrected chi connectivity index (χ2v) is 3.89. The first-order valence-electron chi connectivity index (χ1n) is 4.70. The summed E-state index contributed by atoms with van der Waals surface area (Å²) in [6, 6.07) is 0. The van der Waals surface area contributed by atoms with Crippen molar-refractivity contribution in [1.29, 1.82) is 0 Å². The van der Waals surface area contributed by atoms with Crippen LogP contribution in [0.15, 0.2) is 35.5 Å². The zero-order valence-corrected chi connectivity index (χ0v) is 8.63. The van der Waals surface area contributed by atoms with Crippen molar-refractivity contribution in [3.05, 3.63) is 35.5 Å². The van der Waals surface area contributed by atoms with Crippen LogP contribution < -0.4 is 5.32 Å². The Hall–Kier alpha value is -1.58. The highest BCUT2D eigenvalue weighted by Crippen LogP contribution is 2.42. The van der Waals surface area contributed by atoms with Gasteiger partial charge in [-0.1, -0.05) is 0 Å². The second kappa shape index (κ2) is 3.22. The van der Waals surface area contributed by atoms with Crippen molar-refractivity contribution < 1.29 is 13.9 Å². The highest BCUT2D eigenvalue weighted by molar-refractivity contribution is 5.89. The van der Waals surface area contributed by atoms with Crippen molar-refractivity contribution in [3.63, 3.8) is 0 Å². The zero-order chi connectivity index (χ0) is 11.1. The van der Waals surface area contributed by atoms with Gasteiger partial charge in [0.15, 0.2) is 5.76 Å². The van der Waals surface area contributed by atoms with E-state index in [1.807, 2.05) is 0 Å². The molecule has 2 rings (SSSR count). The van der Waals surface area contributed by atoms with Crippen LogP contribution in [0.5, 0.6) is 0 Å². The molecule has 80 valence electrons. The Kier molecular flexibility index (Phi) is 2.14. The van der Waals surface area contributed by atoms with E-state index >= 15 is 0 Å². The molecule has 0 bridgehead atoms. The molecule has 0 saturated carbocycles. The van der Waals surface area contributed by atoms with Crippen molar-refractivity contribution in [2.24, 2.45) is 5.41 Å². The summed E-state index contributed by atoms with van der Waals surface area (Å²) in [6.45, 7) is 1.73. The van der Waals surface area contributed by atoms with Gasteiger partial charge in [0.1, 0.15) is 5.83 Å². The van der Waals surface area contributed by atoms with Gasteiger partial charge in [0.05, 0.1) is 12.5 Å². The molecular weight excluding hydrogens is 197 g/mol. The van der Waals surface area contributed by atoms with Crippen LogP contribution in [0.1, 0.15) is 13.3 Å². The van der Waals surface area contributed by atoms with Crippen molar-refractivity contribution in [3.8, 4) is 0 Å². The lowest BCUT2D eigenvalue weighted by atomic mass is 9.73. The van der Waals surface area contributed by atoms with E-state index in [0.29, 0.717) is 0 Å². The highest BCUT2D eigenvalue weighted by atomic mass is 19.1.